The fourth-order valence-electron chi connectivity index (χ4n) is 2.06. The van der Waals surface area contributed by atoms with E-state index >= 15 is 0 Å². The second kappa shape index (κ2) is 6.64. The van der Waals surface area contributed by atoms with Gasteiger partial charge >= 0.3 is 0 Å². The first kappa shape index (κ1) is 14.0. The molecule has 100 valence electrons. The lowest BCUT2D eigenvalue weighted by Gasteiger charge is -2.23. The molecule has 2 rings (SSSR count). The molecule has 1 heterocycles. The summed E-state index contributed by atoms with van der Waals surface area (Å²) in [6.45, 7) is 5.16. The molecule has 2 aromatic rings. The Labute approximate surface area is 119 Å². The van der Waals surface area contributed by atoms with E-state index in [1.54, 1.807) is 6.33 Å². The maximum atomic E-state index is 5.93. The minimum Gasteiger partial charge on any atom is -0.306 e. The van der Waals surface area contributed by atoms with E-state index < -0.39 is 0 Å². The summed E-state index contributed by atoms with van der Waals surface area (Å²) in [5, 5.41) is 4.31. The molecule has 0 spiro atoms. The van der Waals surface area contributed by atoms with Crippen LogP contribution in [0.3, 0.4) is 0 Å². The van der Waals surface area contributed by atoms with Gasteiger partial charge in [-0.2, -0.15) is 0 Å². The van der Waals surface area contributed by atoms with Crippen molar-refractivity contribution >= 4 is 11.6 Å². The standard InChI is InChI=1S/C15H18ClN3/c1-11(2)15(13-3-5-14(16)6-4-13)19-9-12-7-17-10-18-8-12/h3-8,10-11,15,19H,9H2,1-2H3. The van der Waals surface area contributed by atoms with Crippen molar-refractivity contribution in [2.75, 3.05) is 0 Å². The lowest BCUT2D eigenvalue weighted by molar-refractivity contribution is 0.410. The highest BCUT2D eigenvalue weighted by molar-refractivity contribution is 6.30. The quantitative estimate of drug-likeness (QED) is 0.906. The lowest BCUT2D eigenvalue weighted by atomic mass is 9.96. The van der Waals surface area contributed by atoms with Crippen molar-refractivity contribution < 1.29 is 0 Å². The summed E-state index contributed by atoms with van der Waals surface area (Å²) in [7, 11) is 0. The van der Waals surface area contributed by atoms with E-state index in [0.717, 1.165) is 17.1 Å². The average Bonchev–Trinajstić information content (AvgIpc) is 2.42. The van der Waals surface area contributed by atoms with Crippen molar-refractivity contribution in [3.8, 4) is 0 Å². The zero-order valence-corrected chi connectivity index (χ0v) is 11.9. The average molecular weight is 276 g/mol. The predicted molar refractivity (Wildman–Crippen MR) is 77.9 cm³/mol. The minimum absolute atomic E-state index is 0.289. The van der Waals surface area contributed by atoms with Gasteiger partial charge < -0.3 is 5.32 Å². The van der Waals surface area contributed by atoms with Gasteiger partial charge in [-0.25, -0.2) is 9.97 Å². The maximum absolute atomic E-state index is 5.93. The first-order valence-corrected chi connectivity index (χ1v) is 6.77. The molecule has 1 aromatic heterocycles. The minimum atomic E-state index is 0.289. The molecular weight excluding hydrogens is 258 g/mol. The fraction of sp³-hybridized carbons (Fsp3) is 0.333. The molecular formula is C15H18ClN3. The zero-order chi connectivity index (χ0) is 13.7. The van der Waals surface area contributed by atoms with E-state index in [1.165, 1.54) is 5.56 Å². The molecule has 0 saturated heterocycles. The van der Waals surface area contributed by atoms with E-state index in [0.29, 0.717) is 5.92 Å². The molecule has 1 N–H and O–H groups in total. The molecule has 0 aliphatic carbocycles. The summed E-state index contributed by atoms with van der Waals surface area (Å²) in [5.41, 5.74) is 2.33. The normalized spacial score (nSPS) is 12.6. The van der Waals surface area contributed by atoms with Crippen LogP contribution in [-0.4, -0.2) is 9.97 Å². The number of benzene rings is 1. The Kier molecular flexibility index (Phi) is 4.88. The van der Waals surface area contributed by atoms with E-state index in [2.05, 4.69) is 41.3 Å². The number of aromatic nitrogens is 2. The van der Waals surface area contributed by atoms with Gasteiger partial charge in [0, 0.05) is 35.6 Å². The molecule has 1 unspecified atom stereocenters. The number of rotatable bonds is 5. The van der Waals surface area contributed by atoms with Crippen LogP contribution in [0.25, 0.3) is 0 Å². The predicted octanol–water partition coefficient (Wildman–Crippen LogP) is 3.62. The van der Waals surface area contributed by atoms with Crippen molar-refractivity contribution in [1.82, 2.24) is 15.3 Å². The molecule has 19 heavy (non-hydrogen) atoms. The summed E-state index contributed by atoms with van der Waals surface area (Å²) in [6, 6.07) is 8.29. The van der Waals surface area contributed by atoms with Crippen molar-refractivity contribution in [3.63, 3.8) is 0 Å². The molecule has 0 radical (unpaired) electrons. The Balaban J connectivity index is 2.06. The molecule has 0 fully saturated rings. The number of hydrogen-bond donors (Lipinski definition) is 1. The van der Waals surface area contributed by atoms with Crippen LogP contribution in [0.1, 0.15) is 31.0 Å². The second-order valence-corrected chi connectivity index (χ2v) is 5.34. The van der Waals surface area contributed by atoms with Crippen LogP contribution in [0, 0.1) is 5.92 Å². The third-order valence-corrected chi connectivity index (χ3v) is 3.29. The van der Waals surface area contributed by atoms with Crippen LogP contribution in [0.5, 0.6) is 0 Å². The van der Waals surface area contributed by atoms with Crippen molar-refractivity contribution in [3.05, 3.63) is 59.1 Å². The Morgan fingerprint density at radius 3 is 2.32 bits per heavy atom. The van der Waals surface area contributed by atoms with Crippen LogP contribution in [0.2, 0.25) is 5.02 Å². The smallest absolute Gasteiger partial charge is 0.115 e. The molecule has 0 aliphatic heterocycles. The molecule has 0 saturated carbocycles. The molecule has 1 atom stereocenters. The Morgan fingerprint density at radius 2 is 1.74 bits per heavy atom. The first-order valence-electron chi connectivity index (χ1n) is 6.39. The Morgan fingerprint density at radius 1 is 1.11 bits per heavy atom. The molecule has 4 heteroatoms. The van der Waals surface area contributed by atoms with Crippen LogP contribution < -0.4 is 5.32 Å². The summed E-state index contributed by atoms with van der Waals surface area (Å²) in [5.74, 6) is 0.491. The van der Waals surface area contributed by atoms with Crippen LogP contribution in [0.15, 0.2) is 43.0 Å². The zero-order valence-electron chi connectivity index (χ0n) is 11.2. The second-order valence-electron chi connectivity index (χ2n) is 4.90. The van der Waals surface area contributed by atoms with Crippen molar-refractivity contribution in [2.45, 2.75) is 26.4 Å². The van der Waals surface area contributed by atoms with Crippen LogP contribution in [0.4, 0.5) is 0 Å². The topological polar surface area (TPSA) is 37.8 Å². The SMILES string of the molecule is CC(C)C(NCc1cncnc1)c1ccc(Cl)cc1. The highest BCUT2D eigenvalue weighted by Gasteiger charge is 2.15. The van der Waals surface area contributed by atoms with Gasteiger partial charge in [0.25, 0.3) is 0 Å². The fourth-order valence-corrected chi connectivity index (χ4v) is 2.18. The van der Waals surface area contributed by atoms with Gasteiger partial charge in [0.15, 0.2) is 0 Å². The summed E-state index contributed by atoms with van der Waals surface area (Å²) in [4.78, 5) is 8.05. The van der Waals surface area contributed by atoms with Gasteiger partial charge in [-0.05, 0) is 23.6 Å². The molecule has 0 bridgehead atoms. The van der Waals surface area contributed by atoms with Gasteiger partial charge in [-0.3, -0.25) is 0 Å². The lowest BCUT2D eigenvalue weighted by Crippen LogP contribution is -2.25. The van der Waals surface area contributed by atoms with Gasteiger partial charge in [-0.1, -0.05) is 37.6 Å². The van der Waals surface area contributed by atoms with Gasteiger partial charge in [-0.15, -0.1) is 0 Å². The number of hydrogen-bond acceptors (Lipinski definition) is 3. The molecule has 3 nitrogen and oxygen atoms in total. The van der Waals surface area contributed by atoms with E-state index in [4.69, 9.17) is 11.6 Å². The number of nitrogens with zero attached hydrogens (tertiary/aromatic N) is 2. The highest BCUT2D eigenvalue weighted by atomic mass is 35.5. The van der Waals surface area contributed by atoms with Crippen LogP contribution >= 0.6 is 11.6 Å². The van der Waals surface area contributed by atoms with E-state index in [-0.39, 0.29) is 6.04 Å². The van der Waals surface area contributed by atoms with Crippen LogP contribution in [-0.2, 0) is 6.54 Å². The number of halogens is 1. The maximum Gasteiger partial charge on any atom is 0.115 e. The summed E-state index contributed by atoms with van der Waals surface area (Å²) < 4.78 is 0. The number of nitrogens with one attached hydrogen (secondary N) is 1. The van der Waals surface area contributed by atoms with Crippen molar-refractivity contribution in [2.24, 2.45) is 5.92 Å². The monoisotopic (exact) mass is 275 g/mol. The molecule has 1 aromatic carbocycles. The molecule has 0 amide bonds. The summed E-state index contributed by atoms with van der Waals surface area (Å²) >= 11 is 5.93. The summed E-state index contributed by atoms with van der Waals surface area (Å²) in [6.07, 6.45) is 5.21. The Hall–Kier alpha value is -1.45. The van der Waals surface area contributed by atoms with Gasteiger partial charge in [0.05, 0.1) is 0 Å². The van der Waals surface area contributed by atoms with Crippen molar-refractivity contribution in [1.29, 1.82) is 0 Å². The van der Waals surface area contributed by atoms with E-state index in [1.807, 2.05) is 24.5 Å². The van der Waals surface area contributed by atoms with E-state index in [9.17, 15) is 0 Å². The highest BCUT2D eigenvalue weighted by Crippen LogP contribution is 2.23. The van der Waals surface area contributed by atoms with Gasteiger partial charge in [0.1, 0.15) is 6.33 Å². The Bertz CT molecular complexity index is 497. The molecule has 0 aliphatic rings. The third-order valence-electron chi connectivity index (χ3n) is 3.04. The third kappa shape index (κ3) is 4.01. The largest absolute Gasteiger partial charge is 0.306 e. The van der Waals surface area contributed by atoms with Gasteiger partial charge in [0.2, 0.25) is 0 Å². The first-order chi connectivity index (χ1) is 9.16.